The number of methoxy groups -OCH3 is 2. The summed E-state index contributed by atoms with van der Waals surface area (Å²) in [5, 5.41) is 13.6. The standard InChI is InChI=1S/C13H18BrNO3/c1-17-10-7-9(14)12(16)11(13(10)18-2)8-3-5-15-6-4-8/h7-8,15-16H,3-6H2,1-2H3. The highest BCUT2D eigenvalue weighted by Gasteiger charge is 2.26. The van der Waals surface area contributed by atoms with E-state index in [1.807, 2.05) is 0 Å². The van der Waals surface area contributed by atoms with E-state index in [-0.39, 0.29) is 5.75 Å². The number of rotatable bonds is 3. The fraction of sp³-hybridized carbons (Fsp3) is 0.538. The van der Waals surface area contributed by atoms with E-state index in [1.54, 1.807) is 20.3 Å². The molecule has 0 aromatic heterocycles. The molecule has 2 rings (SSSR count). The number of halogens is 1. The average molecular weight is 316 g/mol. The van der Waals surface area contributed by atoms with E-state index in [4.69, 9.17) is 9.47 Å². The first-order valence-corrected chi connectivity index (χ1v) is 6.82. The maximum Gasteiger partial charge on any atom is 0.167 e. The smallest absolute Gasteiger partial charge is 0.167 e. The fourth-order valence-electron chi connectivity index (χ4n) is 2.47. The van der Waals surface area contributed by atoms with Crippen molar-refractivity contribution in [3.8, 4) is 17.2 Å². The Kier molecular flexibility index (Phi) is 4.35. The van der Waals surface area contributed by atoms with E-state index in [9.17, 15) is 5.11 Å². The molecule has 1 aromatic carbocycles. The Bertz CT molecular complexity index is 431. The third-order valence-electron chi connectivity index (χ3n) is 3.38. The topological polar surface area (TPSA) is 50.7 Å². The third-order valence-corrected chi connectivity index (χ3v) is 3.98. The van der Waals surface area contributed by atoms with Gasteiger partial charge in [-0.15, -0.1) is 0 Å². The van der Waals surface area contributed by atoms with Crippen LogP contribution < -0.4 is 14.8 Å². The third kappa shape index (κ3) is 2.42. The van der Waals surface area contributed by atoms with Crippen molar-refractivity contribution in [1.82, 2.24) is 5.32 Å². The molecule has 0 unspecified atom stereocenters. The summed E-state index contributed by atoms with van der Waals surface area (Å²) in [6.07, 6.45) is 1.98. The van der Waals surface area contributed by atoms with Gasteiger partial charge in [0.15, 0.2) is 11.5 Å². The van der Waals surface area contributed by atoms with Crippen LogP contribution in [-0.2, 0) is 0 Å². The molecule has 0 radical (unpaired) electrons. The lowest BCUT2D eigenvalue weighted by molar-refractivity contribution is 0.336. The molecule has 0 saturated carbocycles. The molecule has 0 amide bonds. The second kappa shape index (κ2) is 5.80. The Morgan fingerprint density at radius 2 is 1.94 bits per heavy atom. The van der Waals surface area contributed by atoms with Crippen molar-refractivity contribution in [3.05, 3.63) is 16.1 Å². The molecule has 0 spiro atoms. The first kappa shape index (κ1) is 13.5. The van der Waals surface area contributed by atoms with Gasteiger partial charge in [-0.1, -0.05) is 0 Å². The predicted octanol–water partition coefficient (Wildman–Crippen LogP) is 2.64. The van der Waals surface area contributed by atoms with E-state index >= 15 is 0 Å². The highest BCUT2D eigenvalue weighted by Crippen LogP contribution is 2.47. The van der Waals surface area contributed by atoms with Crippen molar-refractivity contribution in [2.75, 3.05) is 27.3 Å². The Balaban J connectivity index is 2.51. The largest absolute Gasteiger partial charge is 0.506 e. The maximum atomic E-state index is 10.3. The lowest BCUT2D eigenvalue weighted by atomic mass is 9.88. The van der Waals surface area contributed by atoms with E-state index < -0.39 is 0 Å². The lowest BCUT2D eigenvalue weighted by Crippen LogP contribution is -2.27. The highest BCUT2D eigenvalue weighted by molar-refractivity contribution is 9.10. The summed E-state index contributed by atoms with van der Waals surface area (Å²) in [6.45, 7) is 1.92. The highest BCUT2D eigenvalue weighted by atomic mass is 79.9. The van der Waals surface area contributed by atoms with Crippen molar-refractivity contribution >= 4 is 15.9 Å². The number of hydrogen-bond acceptors (Lipinski definition) is 4. The number of piperidine rings is 1. The maximum absolute atomic E-state index is 10.3. The number of aromatic hydroxyl groups is 1. The first-order chi connectivity index (χ1) is 8.69. The molecule has 100 valence electrons. The Hall–Kier alpha value is -0.940. The lowest BCUT2D eigenvalue weighted by Gasteiger charge is -2.26. The van der Waals surface area contributed by atoms with Crippen LogP contribution in [0.4, 0.5) is 0 Å². The molecule has 4 nitrogen and oxygen atoms in total. The molecule has 1 heterocycles. The van der Waals surface area contributed by atoms with Gasteiger partial charge in [0.05, 0.1) is 18.7 Å². The molecule has 1 aliphatic heterocycles. The molecule has 0 aliphatic carbocycles. The molecular weight excluding hydrogens is 298 g/mol. The minimum Gasteiger partial charge on any atom is -0.506 e. The van der Waals surface area contributed by atoms with Crippen LogP contribution in [0.5, 0.6) is 17.2 Å². The minimum absolute atomic E-state index is 0.263. The van der Waals surface area contributed by atoms with Crippen molar-refractivity contribution in [1.29, 1.82) is 0 Å². The van der Waals surface area contributed by atoms with Gasteiger partial charge in [0.25, 0.3) is 0 Å². The van der Waals surface area contributed by atoms with E-state index in [1.165, 1.54) is 0 Å². The molecule has 1 saturated heterocycles. The van der Waals surface area contributed by atoms with E-state index in [0.29, 0.717) is 21.9 Å². The van der Waals surface area contributed by atoms with Gasteiger partial charge in [0.1, 0.15) is 5.75 Å². The van der Waals surface area contributed by atoms with Gasteiger partial charge >= 0.3 is 0 Å². The number of hydrogen-bond donors (Lipinski definition) is 2. The van der Waals surface area contributed by atoms with Crippen molar-refractivity contribution < 1.29 is 14.6 Å². The number of benzene rings is 1. The van der Waals surface area contributed by atoms with Crippen LogP contribution in [0.3, 0.4) is 0 Å². The van der Waals surface area contributed by atoms with Crippen LogP contribution in [0.2, 0.25) is 0 Å². The fourth-order valence-corrected chi connectivity index (χ4v) is 2.89. The van der Waals surface area contributed by atoms with Gasteiger partial charge in [0, 0.05) is 11.6 Å². The molecule has 0 bridgehead atoms. The van der Waals surface area contributed by atoms with E-state index in [2.05, 4.69) is 21.2 Å². The molecule has 18 heavy (non-hydrogen) atoms. The average Bonchev–Trinajstić information content (AvgIpc) is 2.42. The summed E-state index contributed by atoms with van der Waals surface area (Å²) in [5.74, 6) is 1.85. The molecule has 2 N–H and O–H groups in total. The van der Waals surface area contributed by atoms with Crippen molar-refractivity contribution in [2.24, 2.45) is 0 Å². The molecular formula is C13H18BrNO3. The number of ether oxygens (including phenoxy) is 2. The van der Waals surface area contributed by atoms with Crippen LogP contribution in [-0.4, -0.2) is 32.4 Å². The van der Waals surface area contributed by atoms with Crippen LogP contribution in [0, 0.1) is 0 Å². The SMILES string of the molecule is COc1cc(Br)c(O)c(C2CCNCC2)c1OC. The molecule has 0 atom stereocenters. The van der Waals surface area contributed by atoms with Gasteiger partial charge in [0.2, 0.25) is 0 Å². The first-order valence-electron chi connectivity index (χ1n) is 6.03. The Morgan fingerprint density at radius 1 is 1.28 bits per heavy atom. The quantitative estimate of drug-likeness (QED) is 0.900. The van der Waals surface area contributed by atoms with Crippen LogP contribution in [0.15, 0.2) is 10.5 Å². The van der Waals surface area contributed by atoms with Crippen molar-refractivity contribution in [3.63, 3.8) is 0 Å². The van der Waals surface area contributed by atoms with Crippen LogP contribution >= 0.6 is 15.9 Å². The van der Waals surface area contributed by atoms with Crippen LogP contribution in [0.25, 0.3) is 0 Å². The zero-order chi connectivity index (χ0) is 13.1. The number of phenols is 1. The van der Waals surface area contributed by atoms with Gasteiger partial charge in [-0.05, 0) is 47.8 Å². The Labute approximate surface area is 115 Å². The van der Waals surface area contributed by atoms with Gasteiger partial charge in [-0.3, -0.25) is 0 Å². The van der Waals surface area contributed by atoms with Gasteiger partial charge < -0.3 is 19.9 Å². The molecule has 1 aromatic rings. The van der Waals surface area contributed by atoms with Gasteiger partial charge in [-0.2, -0.15) is 0 Å². The number of nitrogens with one attached hydrogen (secondary N) is 1. The summed E-state index contributed by atoms with van der Waals surface area (Å²) in [7, 11) is 3.21. The van der Waals surface area contributed by atoms with E-state index in [0.717, 1.165) is 31.5 Å². The second-order valence-corrected chi connectivity index (χ2v) is 5.23. The molecule has 1 fully saturated rings. The zero-order valence-corrected chi connectivity index (χ0v) is 12.2. The minimum atomic E-state index is 0.263. The summed E-state index contributed by atoms with van der Waals surface area (Å²) in [6, 6.07) is 1.73. The van der Waals surface area contributed by atoms with Crippen LogP contribution in [0.1, 0.15) is 24.3 Å². The normalized spacial score (nSPS) is 16.6. The zero-order valence-electron chi connectivity index (χ0n) is 10.6. The monoisotopic (exact) mass is 315 g/mol. The predicted molar refractivity (Wildman–Crippen MR) is 73.8 cm³/mol. The molecule has 1 aliphatic rings. The summed E-state index contributed by atoms with van der Waals surface area (Å²) in [5.41, 5.74) is 0.852. The second-order valence-electron chi connectivity index (χ2n) is 4.38. The number of phenolic OH excluding ortho intramolecular Hbond substituents is 1. The van der Waals surface area contributed by atoms with Crippen molar-refractivity contribution in [2.45, 2.75) is 18.8 Å². The van der Waals surface area contributed by atoms with Gasteiger partial charge in [-0.25, -0.2) is 0 Å². The Morgan fingerprint density at radius 3 is 2.50 bits per heavy atom. The summed E-state index contributed by atoms with van der Waals surface area (Å²) >= 11 is 3.37. The summed E-state index contributed by atoms with van der Waals surface area (Å²) in [4.78, 5) is 0. The summed E-state index contributed by atoms with van der Waals surface area (Å²) < 4.78 is 11.4. The molecule has 5 heteroatoms.